The molecule has 1 saturated heterocycles. The third kappa shape index (κ3) is 5.09. The maximum atomic E-state index is 12.5. The number of para-hydroxylation sites is 1. The van der Waals surface area contributed by atoms with Gasteiger partial charge in [-0.2, -0.15) is 0 Å². The van der Waals surface area contributed by atoms with Gasteiger partial charge in [0.1, 0.15) is 11.6 Å². The second-order valence-electron chi connectivity index (χ2n) is 7.68. The summed E-state index contributed by atoms with van der Waals surface area (Å²) in [7, 11) is 0. The summed E-state index contributed by atoms with van der Waals surface area (Å²) in [5.41, 5.74) is 9.49. The van der Waals surface area contributed by atoms with Crippen molar-refractivity contribution in [1.29, 1.82) is 0 Å². The molecule has 156 valence electrons. The number of piperazine rings is 1. The van der Waals surface area contributed by atoms with Crippen LogP contribution < -0.4 is 5.73 Å². The Morgan fingerprint density at radius 3 is 2.53 bits per heavy atom. The summed E-state index contributed by atoms with van der Waals surface area (Å²) in [5, 5.41) is 0.889. The summed E-state index contributed by atoms with van der Waals surface area (Å²) >= 11 is 1.68. The topological polar surface area (TPSA) is 75.4 Å². The van der Waals surface area contributed by atoms with Crippen molar-refractivity contribution in [3.05, 3.63) is 65.5 Å². The number of benzene rings is 2. The van der Waals surface area contributed by atoms with Gasteiger partial charge >= 0.3 is 0 Å². The highest BCUT2D eigenvalue weighted by atomic mass is 32.2. The molecular weight excluding hydrogens is 394 g/mol. The molecule has 0 aliphatic carbocycles. The van der Waals surface area contributed by atoms with Gasteiger partial charge in [0.15, 0.2) is 0 Å². The highest BCUT2D eigenvalue weighted by molar-refractivity contribution is 7.99. The number of aryl methyl sites for hydroxylation is 1. The zero-order valence-electron chi connectivity index (χ0n) is 17.3. The summed E-state index contributed by atoms with van der Waals surface area (Å²) in [4.78, 5) is 25.9. The lowest BCUT2D eigenvalue weighted by molar-refractivity contribution is -0.130. The number of fused-ring (bicyclic) bond motifs is 1. The first kappa shape index (κ1) is 20.6. The van der Waals surface area contributed by atoms with E-state index in [0.29, 0.717) is 18.1 Å². The van der Waals surface area contributed by atoms with E-state index in [1.54, 1.807) is 11.8 Å². The van der Waals surface area contributed by atoms with Crippen molar-refractivity contribution in [3.63, 3.8) is 0 Å². The van der Waals surface area contributed by atoms with Gasteiger partial charge in [-0.1, -0.05) is 42.0 Å². The number of amides is 1. The number of nitrogens with zero attached hydrogens (tertiary/aromatic N) is 4. The Morgan fingerprint density at radius 1 is 1.03 bits per heavy atom. The molecule has 2 N–H and O–H groups in total. The number of rotatable bonds is 6. The maximum Gasteiger partial charge on any atom is 0.232 e. The molecule has 1 fully saturated rings. The second-order valence-corrected chi connectivity index (χ2v) is 8.66. The number of anilines is 1. The molecule has 1 aromatic heterocycles. The minimum absolute atomic E-state index is 0.220. The van der Waals surface area contributed by atoms with Crippen molar-refractivity contribution in [2.24, 2.45) is 0 Å². The number of hydrogen-bond donors (Lipinski definition) is 1. The van der Waals surface area contributed by atoms with E-state index in [2.05, 4.69) is 46.1 Å². The van der Waals surface area contributed by atoms with Crippen molar-refractivity contribution in [2.75, 3.05) is 37.7 Å². The predicted molar refractivity (Wildman–Crippen MR) is 123 cm³/mol. The summed E-state index contributed by atoms with van der Waals surface area (Å²) in [6.45, 7) is 5.87. The first-order valence-corrected chi connectivity index (χ1v) is 11.4. The fourth-order valence-corrected chi connectivity index (χ4v) is 4.50. The molecule has 0 unspecified atom stereocenters. The smallest absolute Gasteiger partial charge is 0.232 e. The predicted octanol–water partition coefficient (Wildman–Crippen LogP) is 3.10. The van der Waals surface area contributed by atoms with Crippen molar-refractivity contribution in [3.8, 4) is 0 Å². The number of nitrogen functional groups attached to an aromatic ring is 1. The monoisotopic (exact) mass is 421 g/mol. The quantitative estimate of drug-likeness (QED) is 0.659. The van der Waals surface area contributed by atoms with Crippen LogP contribution in [0.3, 0.4) is 0 Å². The van der Waals surface area contributed by atoms with Gasteiger partial charge in [0, 0.05) is 37.3 Å². The number of carbonyl (C=O) groups excluding carboxylic acids is 1. The third-order valence-electron chi connectivity index (χ3n) is 5.38. The summed E-state index contributed by atoms with van der Waals surface area (Å²) in [5.74, 6) is 2.87. The Bertz CT molecular complexity index is 1020. The number of thioether (sulfide) groups is 1. The molecule has 0 spiro atoms. The van der Waals surface area contributed by atoms with E-state index in [4.69, 9.17) is 5.73 Å². The van der Waals surface area contributed by atoms with E-state index in [0.717, 1.165) is 48.7 Å². The molecule has 0 saturated carbocycles. The van der Waals surface area contributed by atoms with E-state index < -0.39 is 0 Å². The third-order valence-corrected chi connectivity index (χ3v) is 6.37. The minimum Gasteiger partial charge on any atom is -0.383 e. The molecule has 0 atom stereocenters. The summed E-state index contributed by atoms with van der Waals surface area (Å²) < 4.78 is 0. The summed E-state index contributed by atoms with van der Waals surface area (Å²) in [6, 6.07) is 16.3. The van der Waals surface area contributed by atoms with E-state index in [1.807, 2.05) is 29.2 Å². The van der Waals surface area contributed by atoms with E-state index in [-0.39, 0.29) is 5.91 Å². The zero-order chi connectivity index (χ0) is 20.9. The van der Waals surface area contributed by atoms with Crippen LogP contribution in [0.2, 0.25) is 0 Å². The molecular formula is C23H27N5OS. The Labute approximate surface area is 181 Å². The molecule has 3 aromatic rings. The lowest BCUT2D eigenvalue weighted by Crippen LogP contribution is -2.49. The Kier molecular flexibility index (Phi) is 6.50. The largest absolute Gasteiger partial charge is 0.383 e. The number of hydrogen-bond acceptors (Lipinski definition) is 6. The molecule has 1 aliphatic rings. The van der Waals surface area contributed by atoms with Crippen molar-refractivity contribution >= 4 is 34.4 Å². The lowest BCUT2D eigenvalue weighted by atomic mass is 10.2. The fraction of sp³-hybridized carbons (Fsp3) is 0.348. The van der Waals surface area contributed by atoms with Crippen LogP contribution in [0, 0.1) is 6.92 Å². The van der Waals surface area contributed by atoms with Crippen LogP contribution >= 0.6 is 11.8 Å². The average molecular weight is 422 g/mol. The van der Waals surface area contributed by atoms with Crippen LogP contribution in [-0.4, -0.2) is 57.6 Å². The van der Waals surface area contributed by atoms with Gasteiger partial charge in [-0.15, -0.1) is 11.8 Å². The standard InChI is InChI=1S/C23H27N5OS/c1-17-6-8-18(9-7-17)15-30-16-22(29)28-12-10-27(11-13-28)14-21-25-20-5-3-2-4-19(20)23(24)26-21/h2-9H,10-16H2,1H3,(H2,24,25,26). The van der Waals surface area contributed by atoms with Gasteiger partial charge in [0.05, 0.1) is 17.8 Å². The minimum atomic E-state index is 0.220. The van der Waals surface area contributed by atoms with Gasteiger partial charge in [0.2, 0.25) is 5.91 Å². The second kappa shape index (κ2) is 9.45. The molecule has 1 amide bonds. The van der Waals surface area contributed by atoms with Gasteiger partial charge in [0.25, 0.3) is 0 Å². The first-order valence-electron chi connectivity index (χ1n) is 10.2. The van der Waals surface area contributed by atoms with Crippen LogP contribution in [0.4, 0.5) is 5.82 Å². The first-order chi connectivity index (χ1) is 14.6. The summed E-state index contributed by atoms with van der Waals surface area (Å²) in [6.07, 6.45) is 0. The highest BCUT2D eigenvalue weighted by Gasteiger charge is 2.21. The number of nitrogens with two attached hydrogens (primary N) is 1. The average Bonchev–Trinajstić information content (AvgIpc) is 2.76. The number of aromatic nitrogens is 2. The number of carbonyl (C=O) groups is 1. The van der Waals surface area contributed by atoms with Gasteiger partial charge in [-0.3, -0.25) is 9.69 Å². The van der Waals surface area contributed by atoms with E-state index in [1.165, 1.54) is 11.1 Å². The highest BCUT2D eigenvalue weighted by Crippen LogP contribution is 2.18. The Balaban J connectivity index is 1.24. The lowest BCUT2D eigenvalue weighted by Gasteiger charge is -2.34. The van der Waals surface area contributed by atoms with Crippen LogP contribution in [0.25, 0.3) is 10.9 Å². The molecule has 30 heavy (non-hydrogen) atoms. The normalized spacial score (nSPS) is 14.9. The van der Waals surface area contributed by atoms with Gasteiger partial charge < -0.3 is 10.6 Å². The van der Waals surface area contributed by atoms with Crippen LogP contribution in [0.1, 0.15) is 17.0 Å². The SMILES string of the molecule is Cc1ccc(CSCC(=O)N2CCN(Cc3nc(N)c4ccccc4n3)CC2)cc1. The molecule has 2 aromatic carbocycles. The molecule has 2 heterocycles. The van der Waals surface area contributed by atoms with E-state index in [9.17, 15) is 4.79 Å². The molecule has 7 heteroatoms. The van der Waals surface area contributed by atoms with Gasteiger partial charge in [-0.25, -0.2) is 9.97 Å². The van der Waals surface area contributed by atoms with Crippen molar-refractivity contribution < 1.29 is 4.79 Å². The van der Waals surface area contributed by atoms with Crippen LogP contribution in [0.15, 0.2) is 48.5 Å². The van der Waals surface area contributed by atoms with E-state index >= 15 is 0 Å². The molecule has 0 radical (unpaired) electrons. The van der Waals surface area contributed by atoms with Crippen LogP contribution in [-0.2, 0) is 17.1 Å². The molecule has 4 rings (SSSR count). The van der Waals surface area contributed by atoms with Crippen LogP contribution in [0.5, 0.6) is 0 Å². The molecule has 6 nitrogen and oxygen atoms in total. The Morgan fingerprint density at radius 2 is 1.77 bits per heavy atom. The van der Waals surface area contributed by atoms with Gasteiger partial charge in [-0.05, 0) is 24.6 Å². The maximum absolute atomic E-state index is 12.5. The fourth-order valence-electron chi connectivity index (χ4n) is 3.61. The Hall–Kier alpha value is -2.64. The van der Waals surface area contributed by atoms with Crippen molar-refractivity contribution in [2.45, 2.75) is 19.2 Å². The molecule has 1 aliphatic heterocycles. The zero-order valence-corrected chi connectivity index (χ0v) is 18.1. The van der Waals surface area contributed by atoms with Crippen molar-refractivity contribution in [1.82, 2.24) is 19.8 Å². The molecule has 0 bridgehead atoms.